The molecule has 128 valence electrons. The quantitative estimate of drug-likeness (QED) is 0.208. The molecule has 0 spiro atoms. The minimum atomic E-state index is -10.7. The molecular weight excluding hydrogens is 369 g/mol. The van der Waals surface area contributed by atoms with Gasteiger partial charge >= 0.3 is 50.1 Å². The van der Waals surface area contributed by atoms with Crippen molar-refractivity contribution in [2.75, 3.05) is 0 Å². The normalized spacial score (nSPS) is 13.3. The van der Waals surface area contributed by atoms with Gasteiger partial charge in [-0.2, -0.15) is 54.1 Å². The van der Waals surface area contributed by atoms with E-state index in [0.29, 0.717) is 5.92 Å². The van der Waals surface area contributed by atoms with Crippen molar-refractivity contribution in [3.63, 3.8) is 0 Å². The number of benzene rings is 1. The van der Waals surface area contributed by atoms with Crippen LogP contribution in [0.25, 0.3) is 0 Å². The third-order valence-corrected chi connectivity index (χ3v) is 1.97. The smallest absolute Gasteiger partial charge is 0.214 e. The third-order valence-electron chi connectivity index (χ3n) is 1.97. The summed E-state index contributed by atoms with van der Waals surface area (Å²) in [7, 11) is -10.7. The summed E-state index contributed by atoms with van der Waals surface area (Å²) in [4.78, 5) is 0. The summed E-state index contributed by atoms with van der Waals surface area (Å²) in [5.74, 6) is 0.639. The second-order valence-electron chi connectivity index (χ2n) is 4.41. The summed E-state index contributed by atoms with van der Waals surface area (Å²) in [6, 6.07) is 21.1. The van der Waals surface area contributed by atoms with Crippen LogP contribution in [-0.2, 0) is 17.1 Å². The first kappa shape index (κ1) is 23.4. The van der Waals surface area contributed by atoms with Crippen LogP contribution in [0.15, 0.2) is 54.6 Å². The van der Waals surface area contributed by atoms with E-state index in [1.54, 1.807) is 0 Å². The maximum absolute atomic E-state index is 10.7. The second-order valence-corrected chi connectivity index (χ2v) is 6.33. The van der Waals surface area contributed by atoms with Gasteiger partial charge in [0, 0.05) is 0 Å². The Labute approximate surface area is 136 Å². The number of halogens is 6. The number of hydrogen-bond donors (Lipinski definition) is 0. The molecule has 0 unspecified atom stereocenters. The Kier molecular flexibility index (Phi) is 8.60. The van der Waals surface area contributed by atoms with Crippen molar-refractivity contribution >= 4 is 7.81 Å². The molecule has 0 aliphatic rings. The molecule has 0 aliphatic carbocycles. The molecule has 0 heterocycles. The van der Waals surface area contributed by atoms with Crippen LogP contribution in [0.3, 0.4) is 0 Å². The van der Waals surface area contributed by atoms with Crippen LogP contribution in [0, 0.1) is 6.07 Å². The van der Waals surface area contributed by atoms with Gasteiger partial charge < -0.3 is 0 Å². The van der Waals surface area contributed by atoms with E-state index in [0.717, 1.165) is 0 Å². The minimum absolute atomic E-state index is 0. The molecule has 0 saturated carbocycles. The van der Waals surface area contributed by atoms with E-state index < -0.39 is 7.81 Å². The average Bonchev–Trinajstić information content (AvgIpc) is 2.84. The molecule has 0 aromatic heterocycles. The summed E-state index contributed by atoms with van der Waals surface area (Å²) in [5.41, 5.74) is 1.38. The van der Waals surface area contributed by atoms with Crippen molar-refractivity contribution in [1.29, 1.82) is 0 Å². The molecule has 0 fully saturated rings. The topological polar surface area (TPSA) is 0 Å². The molecule has 2 rings (SSSR count). The van der Waals surface area contributed by atoms with Crippen molar-refractivity contribution in [3.05, 3.63) is 66.2 Å². The average molecular weight is 385 g/mol. The molecule has 0 radical (unpaired) electrons. The summed E-state index contributed by atoms with van der Waals surface area (Å²) in [6.07, 6.45) is 0. The van der Waals surface area contributed by atoms with Gasteiger partial charge in [0.05, 0.1) is 0 Å². The van der Waals surface area contributed by atoms with E-state index in [9.17, 15) is 25.2 Å². The van der Waals surface area contributed by atoms with E-state index in [4.69, 9.17) is 0 Å². The fourth-order valence-corrected chi connectivity index (χ4v) is 1.11. The van der Waals surface area contributed by atoms with Crippen LogP contribution in [0.5, 0.6) is 0 Å². The fraction of sp³-hybridized carbons (Fsp3) is 0.214. The summed E-state index contributed by atoms with van der Waals surface area (Å²) >= 11 is 0. The fourth-order valence-electron chi connectivity index (χ4n) is 1.11. The third kappa shape index (κ3) is 24.1. The standard InChI is InChI=1S/C9H11.C5H5.F6P.Fe/c1-8(2)9-6-4-3-5-7-9;1-2-4-5-3-1;1-7(2,3,4,5)6;/h4-8H,1-2H3;1-5H;;/q3*-1;+2. The van der Waals surface area contributed by atoms with Crippen molar-refractivity contribution in [1.82, 2.24) is 0 Å². The Hall–Kier alpha value is -0.901. The van der Waals surface area contributed by atoms with E-state index in [1.165, 1.54) is 5.56 Å². The van der Waals surface area contributed by atoms with Gasteiger partial charge in [0.1, 0.15) is 0 Å². The molecule has 0 amide bonds. The zero-order valence-electron chi connectivity index (χ0n) is 11.8. The zero-order valence-corrected chi connectivity index (χ0v) is 13.8. The Morgan fingerprint density at radius 2 is 1.27 bits per heavy atom. The Balaban J connectivity index is 0. The van der Waals surface area contributed by atoms with Gasteiger partial charge in [-0.1, -0.05) is 13.8 Å². The van der Waals surface area contributed by atoms with Crippen LogP contribution in [-0.4, -0.2) is 0 Å². The first-order valence-electron chi connectivity index (χ1n) is 5.95. The Bertz CT molecular complexity index is 462. The van der Waals surface area contributed by atoms with E-state index >= 15 is 0 Å². The largest absolute Gasteiger partial charge is 2.00 e. The Morgan fingerprint density at radius 3 is 1.45 bits per heavy atom. The molecular formula is C14H16F6FeP-. The first-order valence-corrected chi connectivity index (χ1v) is 7.97. The van der Waals surface area contributed by atoms with Gasteiger partial charge in [0.15, 0.2) is 0 Å². The zero-order chi connectivity index (χ0) is 16.6. The van der Waals surface area contributed by atoms with E-state index in [1.807, 2.05) is 42.5 Å². The predicted molar refractivity (Wildman–Crippen MR) is 75.0 cm³/mol. The first-order chi connectivity index (χ1) is 9.25. The Morgan fingerprint density at radius 1 is 0.909 bits per heavy atom. The van der Waals surface area contributed by atoms with Crippen LogP contribution in [0.2, 0.25) is 0 Å². The molecule has 0 saturated heterocycles. The summed E-state index contributed by atoms with van der Waals surface area (Å²) in [5, 5.41) is 0. The van der Waals surface area contributed by atoms with Gasteiger partial charge in [0.25, 0.3) is 0 Å². The second kappa shape index (κ2) is 8.09. The SMILES string of the molecule is CC(C)c1cc[c-]cc1.F[P-](F)(F)(F)(F)F.[Fe+2].c1cc[cH-]c1. The van der Waals surface area contributed by atoms with Crippen molar-refractivity contribution in [2.45, 2.75) is 19.8 Å². The number of rotatable bonds is 1. The van der Waals surface area contributed by atoms with Gasteiger partial charge in [-0.25, -0.2) is 12.1 Å². The van der Waals surface area contributed by atoms with Gasteiger partial charge in [-0.15, -0.1) is 0 Å². The molecule has 0 nitrogen and oxygen atoms in total. The van der Waals surface area contributed by atoms with Crippen LogP contribution >= 0.6 is 7.81 Å². The summed E-state index contributed by atoms with van der Waals surface area (Å²) in [6.45, 7) is 4.38. The van der Waals surface area contributed by atoms with Gasteiger partial charge in [-0.05, 0) is 5.92 Å². The van der Waals surface area contributed by atoms with E-state index in [2.05, 4.69) is 32.0 Å². The van der Waals surface area contributed by atoms with Crippen LogP contribution in [0.1, 0.15) is 25.3 Å². The van der Waals surface area contributed by atoms with Gasteiger partial charge in [-0.3, -0.25) is 0 Å². The molecule has 2 aromatic rings. The van der Waals surface area contributed by atoms with E-state index in [-0.39, 0.29) is 17.1 Å². The minimum Gasteiger partial charge on any atom is -0.214 e. The van der Waals surface area contributed by atoms with Crippen molar-refractivity contribution in [2.24, 2.45) is 0 Å². The number of hydrogen-bond acceptors (Lipinski definition) is 0. The van der Waals surface area contributed by atoms with Crippen LogP contribution in [0.4, 0.5) is 25.2 Å². The molecule has 8 heteroatoms. The van der Waals surface area contributed by atoms with Crippen molar-refractivity contribution < 1.29 is 42.3 Å². The predicted octanol–water partition coefficient (Wildman–Crippen LogP) is 7.40. The molecule has 0 bridgehead atoms. The molecule has 0 atom stereocenters. The molecule has 0 N–H and O–H groups in total. The van der Waals surface area contributed by atoms with Gasteiger partial charge in [0.2, 0.25) is 0 Å². The van der Waals surface area contributed by atoms with Crippen molar-refractivity contribution in [3.8, 4) is 0 Å². The maximum atomic E-state index is 9.87. The molecule has 2 aromatic carbocycles. The molecule has 0 aliphatic heterocycles. The van der Waals surface area contributed by atoms with Crippen LogP contribution < -0.4 is 0 Å². The maximum Gasteiger partial charge on any atom is 2.00 e. The summed E-state index contributed by atoms with van der Waals surface area (Å²) < 4.78 is 59.2. The molecule has 22 heavy (non-hydrogen) atoms. The monoisotopic (exact) mass is 385 g/mol.